The van der Waals surface area contributed by atoms with Crippen molar-refractivity contribution in [3.8, 4) is 5.75 Å². The second-order valence-electron chi connectivity index (χ2n) is 5.32. The summed E-state index contributed by atoms with van der Waals surface area (Å²) in [5.41, 5.74) is 1.18. The predicted molar refractivity (Wildman–Crippen MR) is 112 cm³/mol. The fraction of sp³-hybridized carbons (Fsp3) is 0.556. The van der Waals surface area contributed by atoms with Crippen molar-refractivity contribution >= 4 is 35.9 Å². The lowest BCUT2D eigenvalue weighted by molar-refractivity contribution is -0.143. The van der Waals surface area contributed by atoms with Crippen LogP contribution in [-0.4, -0.2) is 50.7 Å². The van der Waals surface area contributed by atoms with Crippen molar-refractivity contribution in [2.75, 3.05) is 33.9 Å². The van der Waals surface area contributed by atoms with E-state index >= 15 is 0 Å². The van der Waals surface area contributed by atoms with Crippen molar-refractivity contribution in [1.29, 1.82) is 0 Å². The van der Waals surface area contributed by atoms with Crippen molar-refractivity contribution in [2.24, 2.45) is 4.99 Å². The number of carbonyl (C=O) groups is 1. The van der Waals surface area contributed by atoms with Crippen molar-refractivity contribution in [3.63, 3.8) is 0 Å². The maximum Gasteiger partial charge on any atom is 0.305 e. The third-order valence-corrected chi connectivity index (χ3v) is 3.37. The summed E-state index contributed by atoms with van der Waals surface area (Å²) in [5.74, 6) is 1.52. The summed E-state index contributed by atoms with van der Waals surface area (Å²) < 4.78 is 10.4. The van der Waals surface area contributed by atoms with Crippen LogP contribution in [0.4, 0.5) is 0 Å². The van der Waals surface area contributed by atoms with Gasteiger partial charge in [0.2, 0.25) is 0 Å². The Morgan fingerprint density at radius 2 is 1.88 bits per heavy atom. The van der Waals surface area contributed by atoms with Gasteiger partial charge in [-0.15, -0.1) is 24.0 Å². The van der Waals surface area contributed by atoms with E-state index in [1.165, 1.54) is 5.56 Å². The highest BCUT2D eigenvalue weighted by Crippen LogP contribution is 2.13. The van der Waals surface area contributed by atoms with Crippen LogP contribution in [0.15, 0.2) is 29.3 Å². The number of nitrogens with zero attached hydrogens (tertiary/aromatic N) is 2. The topological polar surface area (TPSA) is 63.2 Å². The molecule has 0 heterocycles. The van der Waals surface area contributed by atoms with Crippen LogP contribution >= 0.6 is 24.0 Å². The largest absolute Gasteiger partial charge is 0.494 e. The minimum Gasteiger partial charge on any atom is -0.494 e. The van der Waals surface area contributed by atoms with E-state index in [1.807, 2.05) is 37.9 Å². The number of esters is 1. The summed E-state index contributed by atoms with van der Waals surface area (Å²) in [7, 11) is 3.74. The molecule has 0 unspecified atom stereocenters. The molecule has 0 amide bonds. The lowest BCUT2D eigenvalue weighted by atomic mass is 10.2. The molecule has 0 aliphatic heterocycles. The van der Waals surface area contributed by atoms with Gasteiger partial charge in [0.25, 0.3) is 0 Å². The fourth-order valence-electron chi connectivity index (χ4n) is 2.26. The van der Waals surface area contributed by atoms with E-state index in [2.05, 4.69) is 22.4 Å². The molecule has 6 nitrogen and oxygen atoms in total. The Balaban J connectivity index is 0.00000576. The van der Waals surface area contributed by atoms with Gasteiger partial charge < -0.3 is 19.7 Å². The number of halogens is 1. The number of hydrogen-bond acceptors (Lipinski definition) is 4. The molecule has 0 saturated carbocycles. The maximum absolute atomic E-state index is 11.3. The molecular formula is C18H30IN3O3. The van der Waals surface area contributed by atoms with Crippen molar-refractivity contribution < 1.29 is 14.3 Å². The van der Waals surface area contributed by atoms with Gasteiger partial charge >= 0.3 is 5.97 Å². The molecule has 1 aromatic rings. The van der Waals surface area contributed by atoms with Crippen LogP contribution in [0.2, 0.25) is 0 Å². The molecule has 0 saturated heterocycles. The second kappa shape index (κ2) is 13.7. The number of benzene rings is 1. The van der Waals surface area contributed by atoms with Crippen LogP contribution in [0.25, 0.3) is 0 Å². The van der Waals surface area contributed by atoms with E-state index in [4.69, 9.17) is 9.47 Å². The predicted octanol–water partition coefficient (Wildman–Crippen LogP) is 3.05. The van der Waals surface area contributed by atoms with Crippen LogP contribution in [0.5, 0.6) is 5.75 Å². The summed E-state index contributed by atoms with van der Waals surface area (Å²) >= 11 is 0. The lowest BCUT2D eigenvalue weighted by Gasteiger charge is -2.22. The Morgan fingerprint density at radius 1 is 1.20 bits per heavy atom. The average Bonchev–Trinajstić information content (AvgIpc) is 2.57. The van der Waals surface area contributed by atoms with E-state index in [0.717, 1.165) is 24.7 Å². The van der Waals surface area contributed by atoms with Crippen LogP contribution in [-0.2, 0) is 16.1 Å². The minimum atomic E-state index is -0.156. The number of hydrogen-bond donors (Lipinski definition) is 1. The average molecular weight is 463 g/mol. The quantitative estimate of drug-likeness (QED) is 0.201. The highest BCUT2D eigenvalue weighted by molar-refractivity contribution is 14.0. The van der Waals surface area contributed by atoms with Crippen molar-refractivity contribution in [1.82, 2.24) is 10.2 Å². The van der Waals surface area contributed by atoms with Crippen molar-refractivity contribution in [3.05, 3.63) is 29.8 Å². The summed E-state index contributed by atoms with van der Waals surface area (Å²) in [6, 6.07) is 8.05. The molecule has 0 aliphatic rings. The van der Waals surface area contributed by atoms with E-state index in [1.54, 1.807) is 7.05 Å². The number of ether oxygens (including phenoxy) is 2. The van der Waals surface area contributed by atoms with Crippen LogP contribution in [0.3, 0.4) is 0 Å². The van der Waals surface area contributed by atoms with Gasteiger partial charge in [-0.3, -0.25) is 9.79 Å². The van der Waals surface area contributed by atoms with Gasteiger partial charge in [0.1, 0.15) is 5.75 Å². The van der Waals surface area contributed by atoms with Gasteiger partial charge in [-0.05, 0) is 38.0 Å². The molecule has 1 aromatic carbocycles. The van der Waals surface area contributed by atoms with E-state index in [0.29, 0.717) is 26.2 Å². The SMILES string of the molecule is CCOC(=O)CCCNC(=NC)N(C)Cc1ccc(OCC)cc1.I. The van der Waals surface area contributed by atoms with E-state index in [-0.39, 0.29) is 29.9 Å². The molecule has 0 aromatic heterocycles. The lowest BCUT2D eigenvalue weighted by Crippen LogP contribution is -2.39. The first-order chi connectivity index (χ1) is 11.6. The monoisotopic (exact) mass is 463 g/mol. The summed E-state index contributed by atoms with van der Waals surface area (Å²) in [6.45, 7) is 6.30. The zero-order valence-corrected chi connectivity index (χ0v) is 17.9. The van der Waals surface area contributed by atoms with Gasteiger partial charge in [-0.25, -0.2) is 0 Å². The van der Waals surface area contributed by atoms with Gasteiger partial charge in [-0.2, -0.15) is 0 Å². The molecule has 0 fully saturated rings. The number of aliphatic imine (C=N–C) groups is 1. The Bertz CT molecular complexity index is 521. The third-order valence-electron chi connectivity index (χ3n) is 3.37. The molecule has 0 spiro atoms. The summed E-state index contributed by atoms with van der Waals surface area (Å²) in [4.78, 5) is 17.6. The first-order valence-electron chi connectivity index (χ1n) is 8.39. The number of nitrogens with one attached hydrogen (secondary N) is 1. The molecule has 1 N–H and O–H groups in total. The summed E-state index contributed by atoms with van der Waals surface area (Å²) in [6.07, 6.45) is 1.13. The first kappa shape index (κ1) is 23.5. The Kier molecular flexibility index (Phi) is 12.9. The summed E-state index contributed by atoms with van der Waals surface area (Å²) in [5, 5.41) is 3.26. The normalized spacial score (nSPS) is 10.6. The first-order valence-corrected chi connectivity index (χ1v) is 8.39. The number of guanidine groups is 1. The number of rotatable bonds is 9. The standard InChI is InChI=1S/C18H29N3O3.HI/c1-5-23-16-11-9-15(10-12-16)14-21(4)18(19-3)20-13-7-8-17(22)24-6-2;/h9-12H,5-8,13-14H2,1-4H3,(H,19,20);1H. The minimum absolute atomic E-state index is 0. The Labute approximate surface area is 168 Å². The fourth-order valence-corrected chi connectivity index (χ4v) is 2.26. The molecular weight excluding hydrogens is 433 g/mol. The van der Waals surface area contributed by atoms with Gasteiger partial charge in [0.15, 0.2) is 5.96 Å². The van der Waals surface area contributed by atoms with Crippen LogP contribution < -0.4 is 10.1 Å². The Morgan fingerprint density at radius 3 is 2.44 bits per heavy atom. The molecule has 1 rings (SSSR count). The Hall–Kier alpha value is -1.51. The third kappa shape index (κ3) is 9.52. The van der Waals surface area contributed by atoms with Crippen molar-refractivity contribution in [2.45, 2.75) is 33.2 Å². The molecule has 0 radical (unpaired) electrons. The van der Waals surface area contributed by atoms with Gasteiger partial charge in [0.05, 0.1) is 13.2 Å². The second-order valence-corrected chi connectivity index (χ2v) is 5.32. The van der Waals surface area contributed by atoms with Gasteiger partial charge in [0, 0.05) is 33.6 Å². The molecule has 25 heavy (non-hydrogen) atoms. The maximum atomic E-state index is 11.3. The van der Waals surface area contributed by atoms with E-state index < -0.39 is 0 Å². The highest BCUT2D eigenvalue weighted by Gasteiger charge is 2.07. The molecule has 0 aliphatic carbocycles. The van der Waals surface area contributed by atoms with Crippen LogP contribution in [0.1, 0.15) is 32.3 Å². The zero-order chi connectivity index (χ0) is 17.8. The number of carbonyl (C=O) groups excluding carboxylic acids is 1. The van der Waals surface area contributed by atoms with E-state index in [9.17, 15) is 4.79 Å². The zero-order valence-electron chi connectivity index (χ0n) is 15.6. The highest BCUT2D eigenvalue weighted by atomic mass is 127. The molecule has 0 bridgehead atoms. The molecule has 7 heteroatoms. The smallest absolute Gasteiger partial charge is 0.305 e. The van der Waals surface area contributed by atoms with Crippen LogP contribution in [0, 0.1) is 0 Å². The molecule has 0 atom stereocenters. The van der Waals surface area contributed by atoms with Gasteiger partial charge in [-0.1, -0.05) is 12.1 Å². The molecule has 142 valence electrons.